The maximum absolute atomic E-state index is 12.5. The van der Waals surface area contributed by atoms with Gasteiger partial charge in [-0.05, 0) is 18.4 Å². The van der Waals surface area contributed by atoms with Crippen LogP contribution >= 0.6 is 0 Å². The number of hydrogen-bond donors (Lipinski definition) is 3. The Balaban J connectivity index is 2.08. The fraction of sp³-hybridized carbons (Fsp3) is 0.533. The quantitative estimate of drug-likeness (QED) is 0.736. The SMILES string of the molecule is NCC1(C(=O)N[C@@H](CO)c2ccccc2)CCOCC1. The molecule has 0 aliphatic carbocycles. The molecule has 1 heterocycles. The summed E-state index contributed by atoms with van der Waals surface area (Å²) in [5, 5.41) is 12.4. The summed E-state index contributed by atoms with van der Waals surface area (Å²) in [6.45, 7) is 1.28. The lowest BCUT2D eigenvalue weighted by molar-refractivity contribution is -0.137. The highest BCUT2D eigenvalue weighted by Gasteiger charge is 2.39. The lowest BCUT2D eigenvalue weighted by Gasteiger charge is -2.35. The molecule has 0 saturated carbocycles. The smallest absolute Gasteiger partial charge is 0.228 e. The molecule has 1 aliphatic heterocycles. The zero-order chi connectivity index (χ0) is 14.4. The van der Waals surface area contributed by atoms with Gasteiger partial charge < -0.3 is 20.9 Å². The van der Waals surface area contributed by atoms with Crippen LogP contribution < -0.4 is 11.1 Å². The number of carbonyl (C=O) groups excluding carboxylic acids is 1. The molecule has 0 unspecified atom stereocenters. The Kier molecular flexibility index (Phi) is 5.11. The largest absolute Gasteiger partial charge is 0.394 e. The molecule has 4 N–H and O–H groups in total. The minimum absolute atomic E-state index is 0.0915. The average Bonchev–Trinajstić information content (AvgIpc) is 2.53. The van der Waals surface area contributed by atoms with Crippen LogP contribution in [0, 0.1) is 5.41 Å². The standard InChI is InChI=1S/C15H22N2O3/c16-11-15(6-8-20-9-7-15)14(19)17-13(10-18)12-4-2-1-3-5-12/h1-5,13,18H,6-11,16H2,(H,17,19)/t13-/m0/s1. The maximum Gasteiger partial charge on any atom is 0.228 e. The van der Waals surface area contributed by atoms with Gasteiger partial charge in [-0.1, -0.05) is 30.3 Å². The van der Waals surface area contributed by atoms with Crippen LogP contribution in [0.1, 0.15) is 24.4 Å². The van der Waals surface area contributed by atoms with E-state index in [-0.39, 0.29) is 12.5 Å². The molecule has 1 aromatic carbocycles. The van der Waals surface area contributed by atoms with E-state index in [9.17, 15) is 9.90 Å². The van der Waals surface area contributed by atoms with Crippen LogP contribution in [0.3, 0.4) is 0 Å². The predicted molar refractivity (Wildman–Crippen MR) is 76.0 cm³/mol. The normalized spacial score (nSPS) is 19.3. The van der Waals surface area contributed by atoms with Crippen molar-refractivity contribution < 1.29 is 14.6 Å². The van der Waals surface area contributed by atoms with Gasteiger partial charge in [-0.3, -0.25) is 4.79 Å². The molecule has 0 bridgehead atoms. The van der Waals surface area contributed by atoms with E-state index < -0.39 is 11.5 Å². The first-order valence-electron chi connectivity index (χ1n) is 6.96. The van der Waals surface area contributed by atoms with E-state index in [0.29, 0.717) is 32.6 Å². The molecular weight excluding hydrogens is 256 g/mol. The zero-order valence-electron chi connectivity index (χ0n) is 11.5. The Hall–Kier alpha value is -1.43. The van der Waals surface area contributed by atoms with E-state index in [4.69, 9.17) is 10.5 Å². The van der Waals surface area contributed by atoms with Crippen molar-refractivity contribution >= 4 is 5.91 Å². The van der Waals surface area contributed by atoms with E-state index in [1.165, 1.54) is 0 Å². The molecule has 110 valence electrons. The summed E-state index contributed by atoms with van der Waals surface area (Å²) in [4.78, 5) is 12.5. The van der Waals surface area contributed by atoms with E-state index in [0.717, 1.165) is 5.56 Å². The van der Waals surface area contributed by atoms with Gasteiger partial charge in [0, 0.05) is 19.8 Å². The Labute approximate surface area is 119 Å². The molecular formula is C15H22N2O3. The van der Waals surface area contributed by atoms with Gasteiger partial charge in [0.05, 0.1) is 18.1 Å². The van der Waals surface area contributed by atoms with Crippen LogP contribution in [0.5, 0.6) is 0 Å². The second-order valence-corrected chi connectivity index (χ2v) is 5.22. The Morgan fingerprint density at radius 3 is 2.55 bits per heavy atom. The van der Waals surface area contributed by atoms with E-state index >= 15 is 0 Å². The topological polar surface area (TPSA) is 84.6 Å². The zero-order valence-corrected chi connectivity index (χ0v) is 11.5. The number of aliphatic hydroxyl groups excluding tert-OH is 1. The molecule has 5 nitrogen and oxygen atoms in total. The molecule has 1 amide bonds. The summed E-state index contributed by atoms with van der Waals surface area (Å²) >= 11 is 0. The number of amides is 1. The number of nitrogens with one attached hydrogen (secondary N) is 1. The highest BCUT2D eigenvalue weighted by Crippen LogP contribution is 2.30. The lowest BCUT2D eigenvalue weighted by Crippen LogP contribution is -2.50. The molecule has 1 saturated heterocycles. The average molecular weight is 278 g/mol. The Morgan fingerprint density at radius 1 is 1.35 bits per heavy atom. The van der Waals surface area contributed by atoms with Gasteiger partial charge in [0.25, 0.3) is 0 Å². The molecule has 1 aromatic rings. The van der Waals surface area contributed by atoms with Crippen molar-refractivity contribution in [2.75, 3.05) is 26.4 Å². The summed E-state index contributed by atoms with van der Waals surface area (Å²) in [5.41, 5.74) is 6.14. The number of rotatable bonds is 5. The number of benzene rings is 1. The van der Waals surface area contributed by atoms with Crippen molar-refractivity contribution in [3.63, 3.8) is 0 Å². The van der Waals surface area contributed by atoms with Gasteiger partial charge in [0.2, 0.25) is 5.91 Å². The van der Waals surface area contributed by atoms with Gasteiger partial charge in [0.1, 0.15) is 0 Å². The van der Waals surface area contributed by atoms with Crippen molar-refractivity contribution in [3.8, 4) is 0 Å². The van der Waals surface area contributed by atoms with Gasteiger partial charge in [-0.15, -0.1) is 0 Å². The molecule has 0 spiro atoms. The van der Waals surface area contributed by atoms with Crippen molar-refractivity contribution in [1.29, 1.82) is 0 Å². The van der Waals surface area contributed by atoms with E-state index in [2.05, 4.69) is 5.32 Å². The summed E-state index contributed by atoms with van der Waals surface area (Å²) in [7, 11) is 0. The highest BCUT2D eigenvalue weighted by molar-refractivity contribution is 5.83. The minimum Gasteiger partial charge on any atom is -0.394 e. The molecule has 0 radical (unpaired) electrons. The Morgan fingerprint density at radius 2 is 2.00 bits per heavy atom. The van der Waals surface area contributed by atoms with Gasteiger partial charge in [-0.2, -0.15) is 0 Å². The Bertz CT molecular complexity index is 430. The van der Waals surface area contributed by atoms with Crippen LogP contribution in [0.2, 0.25) is 0 Å². The van der Waals surface area contributed by atoms with Crippen LogP contribution in [0.4, 0.5) is 0 Å². The minimum atomic E-state index is -0.569. The summed E-state index contributed by atoms with van der Waals surface area (Å²) in [5.74, 6) is -0.0915. The lowest BCUT2D eigenvalue weighted by atomic mass is 9.79. The van der Waals surface area contributed by atoms with Gasteiger partial charge in [0.15, 0.2) is 0 Å². The van der Waals surface area contributed by atoms with E-state index in [1.807, 2.05) is 30.3 Å². The van der Waals surface area contributed by atoms with Crippen molar-refractivity contribution in [2.24, 2.45) is 11.1 Å². The van der Waals surface area contributed by atoms with E-state index in [1.54, 1.807) is 0 Å². The molecule has 1 aliphatic rings. The second kappa shape index (κ2) is 6.83. The molecule has 20 heavy (non-hydrogen) atoms. The van der Waals surface area contributed by atoms with Crippen LogP contribution in [0.15, 0.2) is 30.3 Å². The van der Waals surface area contributed by atoms with Crippen LogP contribution in [-0.2, 0) is 9.53 Å². The van der Waals surface area contributed by atoms with Gasteiger partial charge in [-0.25, -0.2) is 0 Å². The van der Waals surface area contributed by atoms with Crippen molar-refractivity contribution in [2.45, 2.75) is 18.9 Å². The summed E-state index contributed by atoms with van der Waals surface area (Å²) in [6.07, 6.45) is 1.25. The third-order valence-corrected chi connectivity index (χ3v) is 4.01. The first-order valence-corrected chi connectivity index (χ1v) is 6.96. The number of carbonyl (C=O) groups is 1. The predicted octanol–water partition coefficient (Wildman–Crippen LogP) is 0.592. The summed E-state index contributed by atoms with van der Waals surface area (Å²) < 4.78 is 5.31. The third kappa shape index (κ3) is 3.17. The monoisotopic (exact) mass is 278 g/mol. The third-order valence-electron chi connectivity index (χ3n) is 4.01. The fourth-order valence-corrected chi connectivity index (χ4v) is 2.52. The van der Waals surface area contributed by atoms with Crippen molar-refractivity contribution in [3.05, 3.63) is 35.9 Å². The highest BCUT2D eigenvalue weighted by atomic mass is 16.5. The molecule has 2 rings (SSSR count). The number of nitrogens with two attached hydrogens (primary N) is 1. The van der Waals surface area contributed by atoms with Gasteiger partial charge >= 0.3 is 0 Å². The summed E-state index contributed by atoms with van der Waals surface area (Å²) in [6, 6.07) is 9.06. The molecule has 5 heteroatoms. The fourth-order valence-electron chi connectivity index (χ4n) is 2.52. The first kappa shape index (κ1) is 15.0. The first-order chi connectivity index (χ1) is 9.72. The molecule has 1 atom stereocenters. The molecule has 0 aromatic heterocycles. The number of hydrogen-bond acceptors (Lipinski definition) is 4. The maximum atomic E-state index is 12.5. The van der Waals surface area contributed by atoms with Crippen LogP contribution in [-0.4, -0.2) is 37.4 Å². The second-order valence-electron chi connectivity index (χ2n) is 5.22. The number of ether oxygens (including phenoxy) is 1. The number of aliphatic hydroxyl groups is 1. The van der Waals surface area contributed by atoms with Crippen molar-refractivity contribution in [1.82, 2.24) is 5.32 Å². The van der Waals surface area contributed by atoms with Crippen LogP contribution in [0.25, 0.3) is 0 Å². The molecule has 1 fully saturated rings.